The third kappa shape index (κ3) is 2.88. The van der Waals surface area contributed by atoms with Gasteiger partial charge in [0.15, 0.2) is 0 Å². The van der Waals surface area contributed by atoms with Crippen LogP contribution in [-0.2, 0) is 4.74 Å². The van der Waals surface area contributed by atoms with Gasteiger partial charge < -0.3 is 4.74 Å². The van der Waals surface area contributed by atoms with Crippen LogP contribution in [0.2, 0.25) is 0 Å². The summed E-state index contributed by atoms with van der Waals surface area (Å²) in [5.74, 6) is -0.390. The van der Waals surface area contributed by atoms with Gasteiger partial charge in [0.1, 0.15) is 11.3 Å². The first kappa shape index (κ1) is 15.0. The highest BCUT2D eigenvalue weighted by molar-refractivity contribution is 5.96. The van der Waals surface area contributed by atoms with Crippen LogP contribution in [0.5, 0.6) is 0 Å². The van der Waals surface area contributed by atoms with Crippen LogP contribution in [0, 0.1) is 13.8 Å². The lowest BCUT2D eigenvalue weighted by atomic mass is 10.1. The molecule has 0 amide bonds. The Morgan fingerprint density at radius 3 is 2.43 bits per heavy atom. The molecule has 0 spiro atoms. The normalized spacial score (nSPS) is 10.6. The van der Waals surface area contributed by atoms with Crippen LogP contribution in [-0.4, -0.2) is 22.9 Å². The van der Waals surface area contributed by atoms with Gasteiger partial charge in [0, 0.05) is 11.8 Å². The molecule has 0 atom stereocenters. The average molecular weight is 306 g/mol. The Morgan fingerprint density at radius 2 is 1.78 bits per heavy atom. The maximum Gasteiger partial charge on any atom is 0.341 e. The van der Waals surface area contributed by atoms with Crippen molar-refractivity contribution >= 4 is 5.97 Å². The molecule has 116 valence electrons. The molecule has 0 saturated carbocycles. The van der Waals surface area contributed by atoms with Crippen molar-refractivity contribution in [3.05, 3.63) is 71.4 Å². The molecule has 3 aromatic rings. The number of benzene rings is 2. The second-order valence-corrected chi connectivity index (χ2v) is 5.46. The molecule has 0 fully saturated rings. The van der Waals surface area contributed by atoms with Gasteiger partial charge in [0.05, 0.1) is 12.8 Å². The van der Waals surface area contributed by atoms with E-state index in [-0.39, 0.29) is 5.97 Å². The van der Waals surface area contributed by atoms with Gasteiger partial charge in [-0.15, -0.1) is 0 Å². The van der Waals surface area contributed by atoms with Gasteiger partial charge in [-0.2, -0.15) is 5.10 Å². The highest BCUT2D eigenvalue weighted by Gasteiger charge is 2.19. The molecular formula is C19H18N2O2. The summed E-state index contributed by atoms with van der Waals surface area (Å²) in [6, 6.07) is 15.7. The molecule has 0 aliphatic rings. The molecular weight excluding hydrogens is 288 g/mol. The molecule has 23 heavy (non-hydrogen) atoms. The van der Waals surface area contributed by atoms with Gasteiger partial charge in [-0.25, -0.2) is 9.48 Å². The minimum atomic E-state index is -0.390. The fraction of sp³-hybridized carbons (Fsp3) is 0.158. The van der Waals surface area contributed by atoms with Gasteiger partial charge in [-0.3, -0.25) is 0 Å². The van der Waals surface area contributed by atoms with E-state index in [1.807, 2.05) is 42.5 Å². The Kier molecular flexibility index (Phi) is 3.98. The Morgan fingerprint density at radius 1 is 1.04 bits per heavy atom. The lowest BCUT2D eigenvalue weighted by molar-refractivity contribution is 0.0601. The third-order valence-corrected chi connectivity index (χ3v) is 3.92. The van der Waals surface area contributed by atoms with E-state index in [2.05, 4.69) is 25.0 Å². The van der Waals surface area contributed by atoms with E-state index in [0.717, 1.165) is 11.3 Å². The highest BCUT2D eigenvalue weighted by Crippen LogP contribution is 2.24. The number of aryl methyl sites for hydroxylation is 2. The zero-order chi connectivity index (χ0) is 16.4. The summed E-state index contributed by atoms with van der Waals surface area (Å²) in [6.45, 7) is 4.12. The van der Waals surface area contributed by atoms with Crippen molar-refractivity contribution in [3.63, 3.8) is 0 Å². The molecule has 0 aliphatic carbocycles. The maximum absolute atomic E-state index is 12.1. The second-order valence-electron chi connectivity index (χ2n) is 5.46. The van der Waals surface area contributed by atoms with Crippen LogP contribution in [0.4, 0.5) is 0 Å². The smallest absolute Gasteiger partial charge is 0.341 e. The second kappa shape index (κ2) is 6.08. The quantitative estimate of drug-likeness (QED) is 0.688. The number of ether oxygens (including phenoxy) is 1. The molecule has 0 aliphatic heterocycles. The van der Waals surface area contributed by atoms with E-state index in [0.29, 0.717) is 11.3 Å². The summed E-state index contributed by atoms with van der Waals surface area (Å²) in [6.07, 6.45) is 1.72. The number of aromatic nitrogens is 2. The van der Waals surface area contributed by atoms with Crippen molar-refractivity contribution in [2.75, 3.05) is 7.11 Å². The van der Waals surface area contributed by atoms with E-state index in [1.54, 1.807) is 10.9 Å². The number of esters is 1. The Balaban J connectivity index is 2.15. The number of rotatable bonds is 3. The first-order valence-corrected chi connectivity index (χ1v) is 7.41. The molecule has 0 bridgehead atoms. The van der Waals surface area contributed by atoms with E-state index in [9.17, 15) is 4.79 Å². The lowest BCUT2D eigenvalue weighted by Gasteiger charge is -2.05. The fourth-order valence-electron chi connectivity index (χ4n) is 2.44. The molecule has 0 N–H and O–H groups in total. The molecule has 4 heteroatoms. The number of carbonyl (C=O) groups excluding carboxylic acids is 1. The van der Waals surface area contributed by atoms with Crippen LogP contribution < -0.4 is 0 Å². The van der Waals surface area contributed by atoms with Crippen LogP contribution in [0.15, 0.2) is 54.7 Å². The predicted molar refractivity (Wildman–Crippen MR) is 89.8 cm³/mol. The number of methoxy groups -OCH3 is 1. The van der Waals surface area contributed by atoms with Crippen molar-refractivity contribution in [1.29, 1.82) is 0 Å². The minimum Gasteiger partial charge on any atom is -0.465 e. The molecule has 1 aromatic heterocycles. The number of hydrogen-bond acceptors (Lipinski definition) is 3. The highest BCUT2D eigenvalue weighted by atomic mass is 16.5. The molecule has 2 aromatic carbocycles. The summed E-state index contributed by atoms with van der Waals surface area (Å²) < 4.78 is 6.62. The molecule has 0 saturated heterocycles. The summed E-state index contributed by atoms with van der Waals surface area (Å²) in [5, 5.41) is 4.61. The molecule has 0 radical (unpaired) electrons. The summed E-state index contributed by atoms with van der Waals surface area (Å²) in [4.78, 5) is 12.1. The fourth-order valence-corrected chi connectivity index (χ4v) is 2.44. The van der Waals surface area contributed by atoms with Crippen molar-refractivity contribution in [2.24, 2.45) is 0 Å². The Labute approximate surface area is 135 Å². The van der Waals surface area contributed by atoms with E-state index < -0.39 is 0 Å². The van der Waals surface area contributed by atoms with Crippen molar-refractivity contribution in [3.8, 4) is 16.9 Å². The van der Waals surface area contributed by atoms with Crippen LogP contribution in [0.1, 0.15) is 21.5 Å². The van der Waals surface area contributed by atoms with Crippen molar-refractivity contribution in [2.45, 2.75) is 13.8 Å². The van der Waals surface area contributed by atoms with Crippen LogP contribution >= 0.6 is 0 Å². The van der Waals surface area contributed by atoms with Crippen molar-refractivity contribution < 1.29 is 9.53 Å². The zero-order valence-corrected chi connectivity index (χ0v) is 13.4. The Hall–Kier alpha value is -2.88. The molecule has 3 rings (SSSR count). The largest absolute Gasteiger partial charge is 0.465 e. The molecule has 1 heterocycles. The SMILES string of the molecule is COC(=O)c1cn(-c2ccc(C)c(C)c2)nc1-c1ccccc1. The molecule has 0 unspecified atom stereocenters. The summed E-state index contributed by atoms with van der Waals surface area (Å²) in [7, 11) is 1.38. The number of hydrogen-bond donors (Lipinski definition) is 0. The van der Waals surface area contributed by atoms with Gasteiger partial charge in [0.25, 0.3) is 0 Å². The summed E-state index contributed by atoms with van der Waals surface area (Å²) in [5.41, 5.74) is 5.28. The first-order chi connectivity index (χ1) is 11.1. The first-order valence-electron chi connectivity index (χ1n) is 7.41. The monoisotopic (exact) mass is 306 g/mol. The Bertz CT molecular complexity index is 851. The zero-order valence-electron chi connectivity index (χ0n) is 13.4. The van der Waals surface area contributed by atoms with E-state index >= 15 is 0 Å². The lowest BCUT2D eigenvalue weighted by Crippen LogP contribution is -2.01. The predicted octanol–water partition coefficient (Wildman–Crippen LogP) is 3.94. The van der Waals surface area contributed by atoms with E-state index in [4.69, 9.17) is 4.74 Å². The minimum absolute atomic E-state index is 0.390. The third-order valence-electron chi connectivity index (χ3n) is 3.92. The van der Waals surface area contributed by atoms with Gasteiger partial charge in [-0.05, 0) is 37.1 Å². The van der Waals surface area contributed by atoms with Gasteiger partial charge in [0.2, 0.25) is 0 Å². The van der Waals surface area contributed by atoms with E-state index in [1.165, 1.54) is 18.2 Å². The van der Waals surface area contributed by atoms with Gasteiger partial charge in [-0.1, -0.05) is 36.4 Å². The molecule has 4 nitrogen and oxygen atoms in total. The summed E-state index contributed by atoms with van der Waals surface area (Å²) >= 11 is 0. The standard InChI is InChI=1S/C19H18N2O2/c1-13-9-10-16(11-14(13)2)21-12-17(19(22)23-3)18(20-21)15-7-5-4-6-8-15/h4-12H,1-3H3. The number of carbonyl (C=O) groups is 1. The van der Waals surface area contributed by atoms with Gasteiger partial charge >= 0.3 is 5.97 Å². The topological polar surface area (TPSA) is 44.1 Å². The maximum atomic E-state index is 12.1. The van der Waals surface area contributed by atoms with Crippen LogP contribution in [0.25, 0.3) is 16.9 Å². The van der Waals surface area contributed by atoms with Crippen LogP contribution in [0.3, 0.4) is 0 Å². The number of nitrogens with zero attached hydrogens (tertiary/aromatic N) is 2. The average Bonchev–Trinajstić information content (AvgIpc) is 3.03. The van der Waals surface area contributed by atoms with Crippen molar-refractivity contribution in [1.82, 2.24) is 9.78 Å².